The third-order valence-electron chi connectivity index (χ3n) is 3.36. The predicted molar refractivity (Wildman–Crippen MR) is 93.7 cm³/mol. The van der Waals surface area contributed by atoms with Crippen LogP contribution in [0.2, 0.25) is 0 Å². The van der Waals surface area contributed by atoms with E-state index in [2.05, 4.69) is 34.0 Å². The average molecular weight is 335 g/mol. The number of rotatable bonds is 6. The van der Waals surface area contributed by atoms with E-state index < -0.39 is 0 Å². The first-order chi connectivity index (χ1) is 11.1. The molecule has 0 bridgehead atoms. The molecule has 4 nitrogen and oxygen atoms in total. The van der Waals surface area contributed by atoms with E-state index in [4.69, 9.17) is 4.74 Å². The second-order valence-corrected chi connectivity index (χ2v) is 6.05. The molecular formula is C17H22FN3OS. The monoisotopic (exact) mass is 335 g/mol. The molecule has 0 atom stereocenters. The van der Waals surface area contributed by atoms with Crippen molar-refractivity contribution in [3.8, 4) is 5.75 Å². The Kier molecular flexibility index (Phi) is 6.40. The third kappa shape index (κ3) is 4.96. The van der Waals surface area contributed by atoms with Gasteiger partial charge in [-0.2, -0.15) is 0 Å². The number of hydrogen-bond donors (Lipinski definition) is 2. The maximum atomic E-state index is 13.7. The normalized spacial score (nSPS) is 11.4. The lowest BCUT2D eigenvalue weighted by Gasteiger charge is -2.11. The first-order valence-electron chi connectivity index (χ1n) is 7.51. The summed E-state index contributed by atoms with van der Waals surface area (Å²) in [6, 6.07) is 7.00. The van der Waals surface area contributed by atoms with Crippen molar-refractivity contribution in [2.24, 2.45) is 4.99 Å². The smallest absolute Gasteiger partial charge is 0.191 e. The van der Waals surface area contributed by atoms with Crippen LogP contribution in [0, 0.1) is 12.7 Å². The van der Waals surface area contributed by atoms with Crippen molar-refractivity contribution in [1.82, 2.24) is 10.6 Å². The number of nitrogens with one attached hydrogen (secondary N) is 2. The Labute approximate surface area is 140 Å². The largest absolute Gasteiger partial charge is 0.494 e. The predicted octanol–water partition coefficient (Wildman–Crippen LogP) is 3.46. The Morgan fingerprint density at radius 1 is 1.30 bits per heavy atom. The van der Waals surface area contributed by atoms with E-state index in [0.29, 0.717) is 6.54 Å². The summed E-state index contributed by atoms with van der Waals surface area (Å²) in [6.45, 7) is 6.01. The number of ether oxygens (including phenoxy) is 1. The van der Waals surface area contributed by atoms with E-state index in [1.807, 2.05) is 13.0 Å². The van der Waals surface area contributed by atoms with Gasteiger partial charge in [-0.1, -0.05) is 6.07 Å². The van der Waals surface area contributed by atoms with Crippen LogP contribution in [0.15, 0.2) is 34.6 Å². The van der Waals surface area contributed by atoms with E-state index >= 15 is 0 Å². The van der Waals surface area contributed by atoms with Crippen LogP contribution in [0.25, 0.3) is 0 Å². The zero-order valence-electron chi connectivity index (χ0n) is 13.6. The summed E-state index contributed by atoms with van der Waals surface area (Å²) in [5.41, 5.74) is 2.07. The van der Waals surface area contributed by atoms with Crippen molar-refractivity contribution >= 4 is 17.3 Å². The number of thiophene rings is 1. The van der Waals surface area contributed by atoms with E-state index in [0.717, 1.165) is 24.6 Å². The quantitative estimate of drug-likeness (QED) is 0.628. The Hall–Kier alpha value is -2.08. The highest BCUT2D eigenvalue weighted by molar-refractivity contribution is 7.10. The lowest BCUT2D eigenvalue weighted by atomic mass is 10.2. The number of methoxy groups -OCH3 is 1. The van der Waals surface area contributed by atoms with Gasteiger partial charge in [0.2, 0.25) is 0 Å². The van der Waals surface area contributed by atoms with Gasteiger partial charge in [0.1, 0.15) is 0 Å². The van der Waals surface area contributed by atoms with Crippen molar-refractivity contribution < 1.29 is 9.13 Å². The second-order valence-electron chi connectivity index (χ2n) is 5.04. The molecule has 0 aliphatic carbocycles. The summed E-state index contributed by atoms with van der Waals surface area (Å²) >= 11 is 1.72. The first kappa shape index (κ1) is 17.3. The lowest BCUT2D eigenvalue weighted by Crippen LogP contribution is -2.36. The highest BCUT2D eigenvalue weighted by Crippen LogP contribution is 2.18. The molecule has 2 aromatic rings. The number of aryl methyl sites for hydroxylation is 1. The molecule has 1 heterocycles. The number of halogens is 1. The van der Waals surface area contributed by atoms with Gasteiger partial charge >= 0.3 is 0 Å². The Balaban J connectivity index is 2.00. The van der Waals surface area contributed by atoms with Gasteiger partial charge in [-0.15, -0.1) is 11.3 Å². The van der Waals surface area contributed by atoms with Crippen molar-refractivity contribution in [2.75, 3.05) is 13.7 Å². The summed E-state index contributed by atoms with van der Waals surface area (Å²) in [7, 11) is 1.45. The molecule has 0 aliphatic rings. The van der Waals surface area contributed by atoms with Gasteiger partial charge in [0.15, 0.2) is 17.5 Å². The highest BCUT2D eigenvalue weighted by atomic mass is 32.1. The van der Waals surface area contributed by atoms with E-state index in [-0.39, 0.29) is 11.6 Å². The minimum atomic E-state index is -0.368. The first-order valence-corrected chi connectivity index (χ1v) is 8.39. The van der Waals surface area contributed by atoms with Gasteiger partial charge < -0.3 is 15.4 Å². The van der Waals surface area contributed by atoms with Gasteiger partial charge in [-0.05, 0) is 48.6 Å². The van der Waals surface area contributed by atoms with Crippen LogP contribution in [0.3, 0.4) is 0 Å². The molecule has 23 heavy (non-hydrogen) atoms. The summed E-state index contributed by atoms with van der Waals surface area (Å²) in [5.74, 6) is 0.597. The summed E-state index contributed by atoms with van der Waals surface area (Å²) in [4.78, 5) is 5.78. The highest BCUT2D eigenvalue weighted by Gasteiger charge is 2.05. The van der Waals surface area contributed by atoms with Crippen LogP contribution in [0.4, 0.5) is 4.39 Å². The molecule has 1 aromatic heterocycles. The molecule has 2 N–H and O–H groups in total. The molecule has 0 fully saturated rings. The van der Waals surface area contributed by atoms with Crippen molar-refractivity contribution in [1.29, 1.82) is 0 Å². The molecule has 0 spiro atoms. The maximum absolute atomic E-state index is 13.7. The van der Waals surface area contributed by atoms with Crippen molar-refractivity contribution in [3.63, 3.8) is 0 Å². The van der Waals surface area contributed by atoms with Gasteiger partial charge in [0, 0.05) is 11.4 Å². The van der Waals surface area contributed by atoms with Crippen LogP contribution in [0.1, 0.15) is 22.9 Å². The number of aliphatic imine (C=N–C) groups is 1. The van der Waals surface area contributed by atoms with Gasteiger partial charge in [0.05, 0.1) is 20.2 Å². The standard InChI is InChI=1S/C17H22FN3OS/c1-4-19-17(21-11-16-12(2)7-8-23-16)20-10-13-5-6-15(22-3)14(18)9-13/h5-9H,4,10-11H2,1-3H3,(H2,19,20,21). The lowest BCUT2D eigenvalue weighted by molar-refractivity contribution is 0.386. The van der Waals surface area contributed by atoms with E-state index in [1.54, 1.807) is 17.4 Å². The second kappa shape index (κ2) is 8.53. The van der Waals surface area contributed by atoms with Crippen LogP contribution < -0.4 is 15.4 Å². The zero-order chi connectivity index (χ0) is 16.7. The van der Waals surface area contributed by atoms with Crippen LogP contribution >= 0.6 is 11.3 Å². The molecule has 0 saturated carbocycles. The van der Waals surface area contributed by atoms with Crippen LogP contribution in [-0.2, 0) is 13.1 Å². The third-order valence-corrected chi connectivity index (χ3v) is 4.39. The molecule has 124 valence electrons. The molecule has 0 saturated heterocycles. The average Bonchev–Trinajstić information content (AvgIpc) is 2.95. The van der Waals surface area contributed by atoms with Crippen molar-refractivity contribution in [3.05, 3.63) is 51.5 Å². The molecule has 0 aliphatic heterocycles. The Morgan fingerprint density at radius 3 is 2.74 bits per heavy atom. The molecular weight excluding hydrogens is 313 g/mol. The molecule has 0 amide bonds. The maximum Gasteiger partial charge on any atom is 0.191 e. The van der Waals surface area contributed by atoms with E-state index in [9.17, 15) is 4.39 Å². The minimum Gasteiger partial charge on any atom is -0.494 e. The fourth-order valence-corrected chi connectivity index (χ4v) is 2.92. The molecule has 0 unspecified atom stereocenters. The SMILES string of the molecule is CCNC(=NCc1ccc(OC)c(F)c1)NCc1sccc1C. The van der Waals surface area contributed by atoms with E-state index in [1.165, 1.54) is 23.6 Å². The summed E-state index contributed by atoms with van der Waals surface area (Å²) < 4.78 is 18.6. The number of nitrogens with zero attached hydrogens (tertiary/aromatic N) is 1. The van der Waals surface area contributed by atoms with Crippen molar-refractivity contribution in [2.45, 2.75) is 26.9 Å². The van der Waals surface area contributed by atoms with Gasteiger partial charge in [0.25, 0.3) is 0 Å². The summed E-state index contributed by atoms with van der Waals surface area (Å²) in [6.07, 6.45) is 0. The summed E-state index contributed by atoms with van der Waals surface area (Å²) in [5, 5.41) is 8.58. The molecule has 0 radical (unpaired) electrons. The number of benzene rings is 1. The molecule has 1 aromatic carbocycles. The van der Waals surface area contributed by atoms with Crippen LogP contribution in [-0.4, -0.2) is 19.6 Å². The fraction of sp³-hybridized carbons (Fsp3) is 0.353. The topological polar surface area (TPSA) is 45.7 Å². The number of hydrogen-bond acceptors (Lipinski definition) is 3. The molecule has 6 heteroatoms. The van der Waals surface area contributed by atoms with Gasteiger partial charge in [-0.25, -0.2) is 9.38 Å². The van der Waals surface area contributed by atoms with Gasteiger partial charge in [-0.3, -0.25) is 0 Å². The number of guanidine groups is 1. The fourth-order valence-electron chi connectivity index (χ4n) is 2.07. The molecule has 2 rings (SSSR count). The Morgan fingerprint density at radius 2 is 2.13 bits per heavy atom. The zero-order valence-corrected chi connectivity index (χ0v) is 14.5. The Bertz CT molecular complexity index is 670. The van der Waals surface area contributed by atoms with Crippen LogP contribution in [0.5, 0.6) is 5.75 Å². The minimum absolute atomic E-state index is 0.246.